The Bertz CT molecular complexity index is 768. The molecule has 3 heterocycles. The van der Waals surface area contributed by atoms with Crippen LogP contribution in [0.5, 0.6) is 0 Å². The van der Waals surface area contributed by atoms with Gasteiger partial charge in [-0.3, -0.25) is 9.69 Å². The summed E-state index contributed by atoms with van der Waals surface area (Å²) in [7, 11) is 2.95. The first kappa shape index (κ1) is 22.0. The molecule has 0 spiro atoms. The summed E-state index contributed by atoms with van der Waals surface area (Å²) >= 11 is 0. The number of ether oxygens (including phenoxy) is 2. The molecular formula is C23H32FN3O4. The highest BCUT2D eigenvalue weighted by atomic mass is 19.1. The highest BCUT2D eigenvalue weighted by Crippen LogP contribution is 2.38. The van der Waals surface area contributed by atoms with E-state index in [4.69, 9.17) is 9.47 Å². The Hall–Kier alpha value is -2.19. The number of likely N-dealkylation sites (tertiary alicyclic amines) is 1. The van der Waals surface area contributed by atoms with E-state index in [2.05, 4.69) is 9.80 Å². The van der Waals surface area contributed by atoms with Gasteiger partial charge >= 0.3 is 6.09 Å². The lowest BCUT2D eigenvalue weighted by molar-refractivity contribution is -0.140. The maximum Gasteiger partial charge on any atom is 0.414 e. The van der Waals surface area contributed by atoms with Gasteiger partial charge < -0.3 is 19.3 Å². The van der Waals surface area contributed by atoms with Crippen LogP contribution in [-0.2, 0) is 14.3 Å². The number of fused-ring (bicyclic) bond motifs is 2. The number of hydrogen-bond donors (Lipinski definition) is 0. The average Bonchev–Trinajstić information content (AvgIpc) is 3.05. The van der Waals surface area contributed by atoms with E-state index in [9.17, 15) is 14.0 Å². The van der Waals surface area contributed by atoms with Gasteiger partial charge in [0.05, 0.1) is 7.11 Å². The Morgan fingerprint density at radius 2 is 1.61 bits per heavy atom. The number of halogens is 1. The lowest BCUT2D eigenvalue weighted by Gasteiger charge is -2.46. The zero-order valence-corrected chi connectivity index (χ0v) is 18.3. The van der Waals surface area contributed by atoms with Crippen molar-refractivity contribution < 1.29 is 23.5 Å². The highest BCUT2D eigenvalue weighted by Gasteiger charge is 2.45. The first-order valence-electron chi connectivity index (χ1n) is 11.2. The SMILES string of the molecule is COCC(=O)N1C2CCC1CC(N1CCC(N(C(=O)OC)c3ccc(F)cc3)CC1)C2. The smallest absolute Gasteiger partial charge is 0.414 e. The third kappa shape index (κ3) is 4.55. The van der Waals surface area contributed by atoms with Crippen molar-refractivity contribution in [2.45, 2.75) is 62.7 Å². The second-order valence-corrected chi connectivity index (χ2v) is 8.83. The predicted molar refractivity (Wildman–Crippen MR) is 114 cm³/mol. The minimum absolute atomic E-state index is 0.0225. The van der Waals surface area contributed by atoms with Gasteiger partial charge in [0.1, 0.15) is 12.4 Å². The summed E-state index contributed by atoms with van der Waals surface area (Å²) in [6.45, 7) is 1.96. The van der Waals surface area contributed by atoms with Gasteiger partial charge in [-0.1, -0.05) is 0 Å². The summed E-state index contributed by atoms with van der Waals surface area (Å²) in [6.07, 6.45) is 5.44. The van der Waals surface area contributed by atoms with Gasteiger partial charge in [0.15, 0.2) is 0 Å². The van der Waals surface area contributed by atoms with E-state index in [-0.39, 0.29) is 24.4 Å². The van der Waals surface area contributed by atoms with Gasteiger partial charge in [-0.15, -0.1) is 0 Å². The fourth-order valence-corrected chi connectivity index (χ4v) is 5.73. The van der Waals surface area contributed by atoms with Gasteiger partial charge in [0.25, 0.3) is 0 Å². The average molecular weight is 434 g/mol. The molecule has 3 aliphatic heterocycles. The second kappa shape index (κ2) is 9.53. The molecule has 8 heteroatoms. The van der Waals surface area contributed by atoms with Crippen molar-refractivity contribution >= 4 is 17.7 Å². The van der Waals surface area contributed by atoms with Crippen LogP contribution in [0.2, 0.25) is 0 Å². The molecule has 2 atom stereocenters. The van der Waals surface area contributed by atoms with E-state index in [1.165, 1.54) is 19.2 Å². The first-order chi connectivity index (χ1) is 15.0. The Kier molecular flexibility index (Phi) is 6.77. The van der Waals surface area contributed by atoms with E-state index in [0.717, 1.165) is 51.6 Å². The summed E-state index contributed by atoms with van der Waals surface area (Å²) in [5.41, 5.74) is 0.662. The molecule has 4 rings (SSSR count). The second-order valence-electron chi connectivity index (χ2n) is 8.83. The van der Waals surface area contributed by atoms with Crippen LogP contribution in [0.3, 0.4) is 0 Å². The predicted octanol–water partition coefficient (Wildman–Crippen LogP) is 3.03. The van der Waals surface area contributed by atoms with Crippen molar-refractivity contribution in [2.24, 2.45) is 0 Å². The molecule has 0 aromatic heterocycles. The molecule has 170 valence electrons. The molecule has 1 aromatic carbocycles. The van der Waals surface area contributed by atoms with Gasteiger partial charge in [-0.05, 0) is 62.8 Å². The van der Waals surface area contributed by atoms with Crippen LogP contribution in [-0.4, -0.2) is 79.9 Å². The van der Waals surface area contributed by atoms with E-state index in [0.29, 0.717) is 23.8 Å². The summed E-state index contributed by atoms with van der Waals surface area (Å²) in [5.74, 6) is -0.214. The van der Waals surface area contributed by atoms with Crippen LogP contribution in [0.15, 0.2) is 24.3 Å². The Balaban J connectivity index is 1.38. The van der Waals surface area contributed by atoms with Crippen LogP contribution < -0.4 is 4.90 Å². The van der Waals surface area contributed by atoms with E-state index < -0.39 is 6.09 Å². The van der Waals surface area contributed by atoms with Crippen molar-refractivity contribution in [3.8, 4) is 0 Å². The Labute approximate surface area is 183 Å². The molecule has 31 heavy (non-hydrogen) atoms. The van der Waals surface area contributed by atoms with Crippen molar-refractivity contribution in [1.82, 2.24) is 9.80 Å². The molecule has 0 saturated carbocycles. The first-order valence-corrected chi connectivity index (χ1v) is 11.2. The molecule has 2 amide bonds. The van der Waals surface area contributed by atoms with Crippen molar-refractivity contribution in [2.75, 3.05) is 38.8 Å². The normalized spacial score (nSPS) is 26.7. The van der Waals surface area contributed by atoms with Crippen molar-refractivity contribution in [1.29, 1.82) is 0 Å². The lowest BCUT2D eigenvalue weighted by atomic mass is 9.92. The summed E-state index contributed by atoms with van der Waals surface area (Å²) < 4.78 is 23.4. The summed E-state index contributed by atoms with van der Waals surface area (Å²) in [4.78, 5) is 31.2. The zero-order valence-electron chi connectivity index (χ0n) is 18.3. The molecule has 0 aliphatic carbocycles. The minimum Gasteiger partial charge on any atom is -0.452 e. The number of anilines is 1. The lowest BCUT2D eigenvalue weighted by Crippen LogP contribution is -2.56. The largest absolute Gasteiger partial charge is 0.452 e. The third-order valence-electron chi connectivity index (χ3n) is 7.12. The molecule has 2 unspecified atom stereocenters. The number of carbonyl (C=O) groups is 2. The van der Waals surface area contributed by atoms with Gasteiger partial charge in [0.2, 0.25) is 5.91 Å². The molecule has 0 radical (unpaired) electrons. The van der Waals surface area contributed by atoms with Crippen molar-refractivity contribution in [3.63, 3.8) is 0 Å². The fourth-order valence-electron chi connectivity index (χ4n) is 5.73. The fraction of sp³-hybridized carbons (Fsp3) is 0.652. The van der Waals surface area contributed by atoms with Crippen LogP contribution >= 0.6 is 0 Å². The van der Waals surface area contributed by atoms with Crippen LogP contribution in [0.25, 0.3) is 0 Å². The molecule has 1 aromatic rings. The van der Waals surface area contributed by atoms with Crippen LogP contribution in [0.4, 0.5) is 14.9 Å². The molecule has 3 saturated heterocycles. The Morgan fingerprint density at radius 3 is 2.16 bits per heavy atom. The topological polar surface area (TPSA) is 62.3 Å². The van der Waals surface area contributed by atoms with E-state index in [1.54, 1.807) is 24.1 Å². The summed E-state index contributed by atoms with van der Waals surface area (Å²) in [6, 6.07) is 7.12. The number of piperidine rings is 2. The monoisotopic (exact) mass is 433 g/mol. The maximum absolute atomic E-state index is 13.3. The van der Waals surface area contributed by atoms with Crippen molar-refractivity contribution in [3.05, 3.63) is 30.1 Å². The molecule has 0 N–H and O–H groups in total. The number of hydrogen-bond acceptors (Lipinski definition) is 5. The number of rotatable bonds is 5. The number of benzene rings is 1. The molecule has 2 bridgehead atoms. The molecule has 3 aliphatic rings. The maximum atomic E-state index is 13.3. The number of amides is 2. The number of nitrogens with zero attached hydrogens (tertiary/aromatic N) is 3. The van der Waals surface area contributed by atoms with E-state index in [1.807, 2.05) is 0 Å². The minimum atomic E-state index is -0.409. The number of methoxy groups -OCH3 is 2. The molecule has 3 fully saturated rings. The van der Waals surface area contributed by atoms with Crippen LogP contribution in [0, 0.1) is 5.82 Å². The Morgan fingerprint density at radius 1 is 1.00 bits per heavy atom. The van der Waals surface area contributed by atoms with Gasteiger partial charge in [-0.25, -0.2) is 9.18 Å². The number of carbonyl (C=O) groups excluding carboxylic acids is 2. The highest BCUT2D eigenvalue weighted by molar-refractivity contribution is 5.88. The standard InChI is InChI=1S/C23H32FN3O4/c1-30-15-22(28)26-19-7-8-20(26)14-21(13-19)25-11-9-18(10-12-25)27(23(29)31-2)17-5-3-16(24)4-6-17/h3-6,18-21H,7-15H2,1-2H3. The molecule has 7 nitrogen and oxygen atoms in total. The van der Waals surface area contributed by atoms with Gasteiger partial charge in [0, 0.05) is 50.1 Å². The zero-order chi connectivity index (χ0) is 22.0. The van der Waals surface area contributed by atoms with Crippen LogP contribution in [0.1, 0.15) is 38.5 Å². The van der Waals surface area contributed by atoms with E-state index >= 15 is 0 Å². The summed E-state index contributed by atoms with van der Waals surface area (Å²) in [5, 5.41) is 0. The van der Waals surface area contributed by atoms with Gasteiger partial charge in [-0.2, -0.15) is 0 Å². The molecular weight excluding hydrogens is 401 g/mol. The quantitative estimate of drug-likeness (QED) is 0.714. The third-order valence-corrected chi connectivity index (χ3v) is 7.12.